The molecule has 0 saturated heterocycles. The average Bonchev–Trinajstić information content (AvgIpc) is 1.35. The SMILES string of the molecule is COCC(=O)O.[H-].[Li+]. The first-order valence-corrected chi connectivity index (χ1v) is 1.48. The zero-order valence-electron chi connectivity index (χ0n) is 5.47. The van der Waals surface area contributed by atoms with Gasteiger partial charge >= 0.3 is 24.8 Å². The Morgan fingerprint density at radius 1 is 2.00 bits per heavy atom. The molecule has 0 bridgehead atoms. The fourth-order valence-corrected chi connectivity index (χ4v) is 0.123. The topological polar surface area (TPSA) is 46.5 Å². The Morgan fingerprint density at radius 2 is 2.43 bits per heavy atom. The summed E-state index contributed by atoms with van der Waals surface area (Å²) in [7, 11) is 1.34. The van der Waals surface area contributed by atoms with E-state index in [0.717, 1.165) is 0 Å². The largest absolute Gasteiger partial charge is 1.00 e. The van der Waals surface area contributed by atoms with Crippen LogP contribution in [0.5, 0.6) is 0 Å². The molecule has 0 aliphatic carbocycles. The van der Waals surface area contributed by atoms with E-state index in [1.165, 1.54) is 7.11 Å². The van der Waals surface area contributed by atoms with Crippen LogP contribution in [0.15, 0.2) is 0 Å². The Balaban J connectivity index is -0.000000125. The van der Waals surface area contributed by atoms with Gasteiger partial charge in [0.1, 0.15) is 6.61 Å². The predicted molar refractivity (Wildman–Crippen MR) is 20.6 cm³/mol. The second-order valence-corrected chi connectivity index (χ2v) is 0.827. The minimum atomic E-state index is -0.933. The summed E-state index contributed by atoms with van der Waals surface area (Å²) in [5.41, 5.74) is 0. The fraction of sp³-hybridized carbons (Fsp3) is 0.667. The van der Waals surface area contributed by atoms with Crippen molar-refractivity contribution in [2.24, 2.45) is 0 Å². The molecular formula is C3H7LiO3. The molecule has 0 amide bonds. The van der Waals surface area contributed by atoms with E-state index in [1.807, 2.05) is 0 Å². The quantitative estimate of drug-likeness (QED) is 0.371. The zero-order chi connectivity index (χ0) is 4.99. The summed E-state index contributed by atoms with van der Waals surface area (Å²) >= 11 is 0. The second kappa shape index (κ2) is 6.03. The Labute approximate surface area is 55.3 Å². The smallest absolute Gasteiger partial charge is 1.00 e. The van der Waals surface area contributed by atoms with Gasteiger partial charge < -0.3 is 11.3 Å². The molecule has 38 valence electrons. The van der Waals surface area contributed by atoms with Crippen molar-refractivity contribution in [3.63, 3.8) is 0 Å². The minimum Gasteiger partial charge on any atom is -1.00 e. The van der Waals surface area contributed by atoms with Crippen LogP contribution in [-0.4, -0.2) is 24.8 Å². The van der Waals surface area contributed by atoms with Crippen LogP contribution in [0.4, 0.5) is 0 Å². The summed E-state index contributed by atoms with van der Waals surface area (Å²) in [4.78, 5) is 9.47. The van der Waals surface area contributed by atoms with Crippen molar-refractivity contribution in [1.29, 1.82) is 0 Å². The van der Waals surface area contributed by atoms with Gasteiger partial charge in [-0.25, -0.2) is 4.79 Å². The Bertz CT molecular complexity index is 58.5. The minimum absolute atomic E-state index is 0. The second-order valence-electron chi connectivity index (χ2n) is 0.827. The monoisotopic (exact) mass is 98.1 g/mol. The van der Waals surface area contributed by atoms with Crippen molar-refractivity contribution in [2.75, 3.05) is 13.7 Å². The van der Waals surface area contributed by atoms with Gasteiger partial charge in [0.15, 0.2) is 0 Å². The molecule has 0 saturated carbocycles. The van der Waals surface area contributed by atoms with E-state index in [1.54, 1.807) is 0 Å². The molecule has 0 heterocycles. The van der Waals surface area contributed by atoms with Crippen LogP contribution in [0.3, 0.4) is 0 Å². The van der Waals surface area contributed by atoms with Crippen LogP contribution < -0.4 is 18.9 Å². The summed E-state index contributed by atoms with van der Waals surface area (Å²) in [5, 5.41) is 7.79. The van der Waals surface area contributed by atoms with E-state index in [2.05, 4.69) is 4.74 Å². The van der Waals surface area contributed by atoms with Gasteiger partial charge in [-0.1, -0.05) is 0 Å². The van der Waals surface area contributed by atoms with Crippen LogP contribution in [0.1, 0.15) is 1.43 Å². The summed E-state index contributed by atoms with van der Waals surface area (Å²) in [6.07, 6.45) is 0. The molecular weight excluding hydrogens is 91.0 g/mol. The molecule has 0 aliphatic heterocycles. The van der Waals surface area contributed by atoms with Gasteiger partial charge in [0.25, 0.3) is 0 Å². The van der Waals surface area contributed by atoms with Gasteiger partial charge in [-0.2, -0.15) is 0 Å². The van der Waals surface area contributed by atoms with Gasteiger partial charge in [-0.3, -0.25) is 0 Å². The number of carboxylic acids is 1. The van der Waals surface area contributed by atoms with Crippen molar-refractivity contribution in [1.82, 2.24) is 0 Å². The molecule has 4 heteroatoms. The van der Waals surface area contributed by atoms with Crippen molar-refractivity contribution >= 4 is 5.97 Å². The fourth-order valence-electron chi connectivity index (χ4n) is 0.123. The first-order chi connectivity index (χ1) is 2.77. The number of rotatable bonds is 2. The van der Waals surface area contributed by atoms with Gasteiger partial charge in [-0.15, -0.1) is 0 Å². The van der Waals surface area contributed by atoms with E-state index in [4.69, 9.17) is 5.11 Å². The molecule has 0 atom stereocenters. The van der Waals surface area contributed by atoms with Crippen LogP contribution >= 0.6 is 0 Å². The summed E-state index contributed by atoms with van der Waals surface area (Å²) in [6.45, 7) is -0.208. The summed E-state index contributed by atoms with van der Waals surface area (Å²) in [6, 6.07) is 0. The molecule has 0 spiro atoms. The van der Waals surface area contributed by atoms with E-state index < -0.39 is 5.97 Å². The standard InChI is InChI=1S/C3H6O3.Li.H/c1-6-2-3(4)5;;/h2H2,1H3,(H,4,5);;/q;+1;-1. The average molecular weight is 98.0 g/mol. The van der Waals surface area contributed by atoms with Crippen molar-refractivity contribution in [2.45, 2.75) is 0 Å². The first kappa shape index (κ1) is 10.1. The van der Waals surface area contributed by atoms with Gasteiger partial charge in [0.2, 0.25) is 0 Å². The van der Waals surface area contributed by atoms with Crippen LogP contribution in [0.25, 0.3) is 0 Å². The van der Waals surface area contributed by atoms with Crippen molar-refractivity contribution in [3.8, 4) is 0 Å². The number of methoxy groups -OCH3 is 1. The molecule has 0 radical (unpaired) electrons. The third-order valence-electron chi connectivity index (χ3n) is 0.268. The van der Waals surface area contributed by atoms with Crippen molar-refractivity contribution < 1.29 is 34.9 Å². The predicted octanol–water partition coefficient (Wildman–Crippen LogP) is -3.17. The number of hydrogen-bond acceptors (Lipinski definition) is 2. The number of hydrogen-bond donors (Lipinski definition) is 1. The number of ether oxygens (including phenoxy) is 1. The van der Waals surface area contributed by atoms with E-state index >= 15 is 0 Å². The van der Waals surface area contributed by atoms with E-state index in [-0.39, 0.29) is 26.9 Å². The summed E-state index contributed by atoms with van der Waals surface area (Å²) < 4.78 is 4.20. The van der Waals surface area contributed by atoms with Crippen LogP contribution in [0, 0.1) is 0 Å². The Hall–Kier alpha value is 0.0274. The Kier molecular flexibility index (Phi) is 8.70. The molecule has 0 aromatic heterocycles. The maximum absolute atomic E-state index is 9.47. The molecule has 3 nitrogen and oxygen atoms in total. The third kappa shape index (κ3) is 10.7. The molecule has 7 heavy (non-hydrogen) atoms. The molecule has 0 unspecified atom stereocenters. The molecule has 0 aromatic carbocycles. The maximum Gasteiger partial charge on any atom is 1.00 e. The zero-order valence-corrected chi connectivity index (χ0v) is 4.47. The molecule has 0 aromatic rings. The van der Waals surface area contributed by atoms with E-state index in [9.17, 15) is 4.79 Å². The van der Waals surface area contributed by atoms with Crippen LogP contribution in [0.2, 0.25) is 0 Å². The Morgan fingerprint density at radius 3 is 2.43 bits per heavy atom. The number of carbonyl (C=O) groups is 1. The number of carboxylic acid groups (broad SMARTS) is 1. The molecule has 0 fully saturated rings. The van der Waals surface area contributed by atoms with Crippen LogP contribution in [-0.2, 0) is 9.53 Å². The van der Waals surface area contributed by atoms with Gasteiger partial charge in [0.05, 0.1) is 0 Å². The number of aliphatic carboxylic acids is 1. The molecule has 0 aliphatic rings. The molecule has 0 rings (SSSR count). The van der Waals surface area contributed by atoms with Gasteiger partial charge in [0, 0.05) is 7.11 Å². The van der Waals surface area contributed by atoms with Gasteiger partial charge in [-0.05, 0) is 0 Å². The molecule has 1 N–H and O–H groups in total. The normalized spacial score (nSPS) is 7.00. The van der Waals surface area contributed by atoms with E-state index in [0.29, 0.717) is 0 Å². The first-order valence-electron chi connectivity index (χ1n) is 1.48. The maximum atomic E-state index is 9.47. The third-order valence-corrected chi connectivity index (χ3v) is 0.268. The summed E-state index contributed by atoms with van der Waals surface area (Å²) in [5.74, 6) is -0.933. The van der Waals surface area contributed by atoms with Crippen molar-refractivity contribution in [3.05, 3.63) is 0 Å².